The first-order chi connectivity index (χ1) is 15.7. The molecule has 1 atom stereocenters. The standard InChI is InChI=1S/C26H30Cl2F3NO/c1-3-5-10-32(11-6-4-2)12-9-25(33)23-16-22-21(14-18(27)15-24(22)28)20-13-17(26(29,30)31)7-8-19(20)23/h7-8,13-16,25,33H,3-6,9-12H2,1-2H3/t25-/m1/s1. The van der Waals surface area contributed by atoms with Gasteiger partial charge in [-0.2, -0.15) is 13.2 Å². The number of aliphatic hydroxyl groups excluding tert-OH is 1. The average Bonchev–Trinajstić information content (AvgIpc) is 2.77. The maximum atomic E-state index is 13.4. The number of halogens is 5. The van der Waals surface area contributed by atoms with Crippen LogP contribution in [0, 0.1) is 0 Å². The lowest BCUT2D eigenvalue weighted by Gasteiger charge is -2.24. The summed E-state index contributed by atoms with van der Waals surface area (Å²) in [5.41, 5.74) is -0.161. The first-order valence-electron chi connectivity index (χ1n) is 11.5. The Kier molecular flexibility index (Phi) is 8.90. The van der Waals surface area contributed by atoms with E-state index < -0.39 is 17.8 Å². The second-order valence-corrected chi connectivity index (χ2v) is 9.40. The minimum atomic E-state index is -4.48. The van der Waals surface area contributed by atoms with Gasteiger partial charge in [0.15, 0.2) is 0 Å². The van der Waals surface area contributed by atoms with Gasteiger partial charge in [-0.25, -0.2) is 0 Å². The molecule has 0 aliphatic heterocycles. The molecule has 0 heterocycles. The summed E-state index contributed by atoms with van der Waals surface area (Å²) < 4.78 is 40.3. The first-order valence-corrected chi connectivity index (χ1v) is 12.2. The molecule has 0 saturated heterocycles. The van der Waals surface area contributed by atoms with Crippen molar-refractivity contribution >= 4 is 44.7 Å². The van der Waals surface area contributed by atoms with Crippen LogP contribution in [-0.4, -0.2) is 29.6 Å². The molecule has 3 aromatic carbocycles. The quantitative estimate of drug-likeness (QED) is 0.282. The maximum absolute atomic E-state index is 13.4. The molecule has 3 rings (SSSR count). The molecular formula is C26H30Cl2F3NO. The highest BCUT2D eigenvalue weighted by molar-refractivity contribution is 6.39. The van der Waals surface area contributed by atoms with Crippen LogP contribution < -0.4 is 0 Å². The Hall–Kier alpha value is -1.53. The maximum Gasteiger partial charge on any atom is 0.416 e. The Labute approximate surface area is 203 Å². The van der Waals surface area contributed by atoms with Crippen molar-refractivity contribution in [2.75, 3.05) is 19.6 Å². The fourth-order valence-electron chi connectivity index (χ4n) is 4.22. The number of fused-ring (bicyclic) bond motifs is 3. The third-order valence-corrected chi connectivity index (χ3v) is 6.61. The topological polar surface area (TPSA) is 23.5 Å². The minimum Gasteiger partial charge on any atom is -0.388 e. The molecule has 2 nitrogen and oxygen atoms in total. The van der Waals surface area contributed by atoms with E-state index in [4.69, 9.17) is 23.2 Å². The van der Waals surface area contributed by atoms with Crippen LogP contribution >= 0.6 is 23.2 Å². The molecular weight excluding hydrogens is 470 g/mol. The highest BCUT2D eigenvalue weighted by atomic mass is 35.5. The van der Waals surface area contributed by atoms with Crippen molar-refractivity contribution < 1.29 is 18.3 Å². The molecule has 0 aliphatic rings. The van der Waals surface area contributed by atoms with Crippen molar-refractivity contribution in [2.45, 2.75) is 58.2 Å². The van der Waals surface area contributed by atoms with Crippen LogP contribution in [0.1, 0.15) is 63.2 Å². The van der Waals surface area contributed by atoms with E-state index in [1.165, 1.54) is 6.07 Å². The minimum absolute atomic E-state index is 0.345. The lowest BCUT2D eigenvalue weighted by molar-refractivity contribution is -0.137. The van der Waals surface area contributed by atoms with Gasteiger partial charge in [-0.1, -0.05) is 56.0 Å². The van der Waals surface area contributed by atoms with Crippen molar-refractivity contribution in [1.82, 2.24) is 4.90 Å². The lowest BCUT2D eigenvalue weighted by Crippen LogP contribution is -2.28. The molecule has 0 fully saturated rings. The molecule has 0 bridgehead atoms. The number of hydrogen-bond donors (Lipinski definition) is 1. The van der Waals surface area contributed by atoms with Gasteiger partial charge in [-0.05, 0) is 84.4 Å². The van der Waals surface area contributed by atoms with Gasteiger partial charge >= 0.3 is 6.18 Å². The van der Waals surface area contributed by atoms with E-state index in [0.717, 1.165) is 57.5 Å². The van der Waals surface area contributed by atoms with Crippen LogP contribution in [0.15, 0.2) is 36.4 Å². The summed E-state index contributed by atoms with van der Waals surface area (Å²) in [6.07, 6.45) is -0.431. The molecule has 0 aromatic heterocycles. The summed E-state index contributed by atoms with van der Waals surface area (Å²) >= 11 is 12.6. The van der Waals surface area contributed by atoms with Crippen molar-refractivity contribution in [3.63, 3.8) is 0 Å². The predicted octanol–water partition coefficient (Wildman–Crippen LogP) is 8.64. The van der Waals surface area contributed by atoms with Gasteiger partial charge in [0.2, 0.25) is 0 Å². The third-order valence-electron chi connectivity index (χ3n) is 6.08. The Bertz CT molecular complexity index is 1090. The molecule has 7 heteroatoms. The number of aliphatic hydroxyl groups is 1. The van der Waals surface area contributed by atoms with Crippen LogP contribution in [0.5, 0.6) is 0 Å². The Morgan fingerprint density at radius 1 is 0.848 bits per heavy atom. The van der Waals surface area contributed by atoms with Crippen molar-refractivity contribution in [3.05, 3.63) is 57.6 Å². The largest absolute Gasteiger partial charge is 0.416 e. The highest BCUT2D eigenvalue weighted by Crippen LogP contribution is 2.40. The normalized spacial score (nSPS) is 13.4. The summed E-state index contributed by atoms with van der Waals surface area (Å²) in [6.45, 7) is 6.97. The summed E-state index contributed by atoms with van der Waals surface area (Å²) in [6, 6.07) is 8.60. The number of alkyl halides is 3. The fourth-order valence-corrected chi connectivity index (χ4v) is 4.77. The number of benzene rings is 3. The Morgan fingerprint density at radius 3 is 2.09 bits per heavy atom. The van der Waals surface area contributed by atoms with Crippen LogP contribution in [0.3, 0.4) is 0 Å². The summed E-state index contributed by atoms with van der Waals surface area (Å²) in [4.78, 5) is 2.36. The van der Waals surface area contributed by atoms with Gasteiger partial charge in [0.25, 0.3) is 0 Å². The zero-order valence-electron chi connectivity index (χ0n) is 19.0. The van der Waals surface area contributed by atoms with Gasteiger partial charge in [-0.15, -0.1) is 0 Å². The van der Waals surface area contributed by atoms with Crippen molar-refractivity contribution in [3.8, 4) is 0 Å². The predicted molar refractivity (Wildman–Crippen MR) is 132 cm³/mol. The van der Waals surface area contributed by atoms with Crippen molar-refractivity contribution in [1.29, 1.82) is 0 Å². The second-order valence-electron chi connectivity index (χ2n) is 8.56. The van der Waals surface area contributed by atoms with Gasteiger partial charge in [-0.3, -0.25) is 0 Å². The van der Waals surface area contributed by atoms with E-state index in [2.05, 4.69) is 18.7 Å². The number of hydrogen-bond acceptors (Lipinski definition) is 2. The fraction of sp³-hybridized carbons (Fsp3) is 0.462. The van der Waals surface area contributed by atoms with E-state index in [1.54, 1.807) is 18.2 Å². The van der Waals surface area contributed by atoms with E-state index in [0.29, 0.717) is 43.6 Å². The SMILES string of the molecule is CCCCN(CCCC)CC[C@@H](O)c1cc2c(Cl)cc(Cl)cc2c2cc(C(F)(F)F)ccc12. The van der Waals surface area contributed by atoms with Gasteiger partial charge < -0.3 is 10.0 Å². The Balaban J connectivity index is 2.03. The number of nitrogens with zero attached hydrogens (tertiary/aromatic N) is 1. The molecule has 0 amide bonds. The van der Waals surface area contributed by atoms with Gasteiger partial charge in [0.1, 0.15) is 0 Å². The first kappa shape index (κ1) is 26.1. The number of rotatable bonds is 10. The van der Waals surface area contributed by atoms with E-state index >= 15 is 0 Å². The second kappa shape index (κ2) is 11.3. The molecule has 3 aromatic rings. The zero-order valence-corrected chi connectivity index (χ0v) is 20.5. The van der Waals surface area contributed by atoms with Crippen LogP contribution in [0.25, 0.3) is 21.5 Å². The van der Waals surface area contributed by atoms with Crippen LogP contribution in [-0.2, 0) is 6.18 Å². The monoisotopic (exact) mass is 499 g/mol. The van der Waals surface area contributed by atoms with E-state index in [-0.39, 0.29) is 0 Å². The molecule has 0 spiro atoms. The van der Waals surface area contributed by atoms with Gasteiger partial charge in [0, 0.05) is 22.0 Å². The molecule has 0 aliphatic carbocycles. The summed E-state index contributed by atoms with van der Waals surface area (Å²) in [7, 11) is 0. The van der Waals surface area contributed by atoms with E-state index in [1.807, 2.05) is 0 Å². The van der Waals surface area contributed by atoms with Gasteiger partial charge in [0.05, 0.1) is 11.7 Å². The Morgan fingerprint density at radius 2 is 1.48 bits per heavy atom. The molecule has 0 saturated carbocycles. The highest BCUT2D eigenvalue weighted by Gasteiger charge is 2.31. The smallest absolute Gasteiger partial charge is 0.388 e. The molecule has 33 heavy (non-hydrogen) atoms. The van der Waals surface area contributed by atoms with Crippen LogP contribution in [0.2, 0.25) is 10.0 Å². The summed E-state index contributed by atoms with van der Waals surface area (Å²) in [5.74, 6) is 0. The molecule has 1 N–H and O–H groups in total. The molecule has 0 unspecified atom stereocenters. The van der Waals surface area contributed by atoms with E-state index in [9.17, 15) is 18.3 Å². The van der Waals surface area contributed by atoms with Crippen LogP contribution in [0.4, 0.5) is 13.2 Å². The van der Waals surface area contributed by atoms with Crippen molar-refractivity contribution in [2.24, 2.45) is 0 Å². The average molecular weight is 500 g/mol. The summed E-state index contributed by atoms with van der Waals surface area (Å²) in [5, 5.41) is 13.9. The number of unbranched alkanes of at least 4 members (excludes halogenated alkanes) is 2. The molecule has 180 valence electrons. The molecule has 0 radical (unpaired) electrons. The lowest BCUT2D eigenvalue weighted by atomic mass is 9.92. The third kappa shape index (κ3) is 6.33. The zero-order chi connectivity index (χ0) is 24.2.